The highest BCUT2D eigenvalue weighted by Crippen LogP contribution is 2.05. The molecule has 1 atom stereocenters. The first kappa shape index (κ1) is 12.7. The normalized spacial score (nSPS) is 12.4. The van der Waals surface area contributed by atoms with E-state index in [1.165, 1.54) is 7.11 Å². The SMILES string of the molecule is CCCc1nccn1C[C@H](O)CC(=O)OC. The fourth-order valence-electron chi connectivity index (χ4n) is 1.53. The van der Waals surface area contributed by atoms with E-state index in [4.69, 9.17) is 0 Å². The minimum atomic E-state index is -0.725. The van der Waals surface area contributed by atoms with E-state index in [1.807, 2.05) is 10.8 Å². The van der Waals surface area contributed by atoms with Gasteiger partial charge in [0.05, 0.1) is 26.2 Å². The molecule has 0 aliphatic carbocycles. The van der Waals surface area contributed by atoms with E-state index < -0.39 is 12.1 Å². The summed E-state index contributed by atoms with van der Waals surface area (Å²) in [4.78, 5) is 15.1. The minimum absolute atomic E-state index is 0.0141. The van der Waals surface area contributed by atoms with Gasteiger partial charge in [0.1, 0.15) is 5.82 Å². The molecule has 0 saturated heterocycles. The average Bonchev–Trinajstić information content (AvgIpc) is 2.66. The number of hydrogen-bond donors (Lipinski definition) is 1. The lowest BCUT2D eigenvalue weighted by molar-refractivity contribution is -0.142. The molecule has 0 spiro atoms. The lowest BCUT2D eigenvalue weighted by Gasteiger charge is -2.12. The summed E-state index contributed by atoms with van der Waals surface area (Å²) in [6, 6.07) is 0. The van der Waals surface area contributed by atoms with E-state index in [9.17, 15) is 9.90 Å². The van der Waals surface area contributed by atoms with E-state index in [-0.39, 0.29) is 6.42 Å². The maximum absolute atomic E-state index is 11.0. The largest absolute Gasteiger partial charge is 0.469 e. The number of aromatic nitrogens is 2. The summed E-state index contributed by atoms with van der Waals surface area (Å²) in [6.07, 6.45) is 4.68. The number of carbonyl (C=O) groups excluding carboxylic acids is 1. The van der Waals surface area contributed by atoms with Crippen molar-refractivity contribution in [2.75, 3.05) is 7.11 Å². The molecule has 0 unspecified atom stereocenters. The predicted molar refractivity (Wildman–Crippen MR) is 58.9 cm³/mol. The molecule has 0 fully saturated rings. The van der Waals surface area contributed by atoms with Gasteiger partial charge in [-0.25, -0.2) is 4.98 Å². The van der Waals surface area contributed by atoms with Crippen LogP contribution in [0, 0.1) is 0 Å². The van der Waals surface area contributed by atoms with Crippen LogP contribution in [0.4, 0.5) is 0 Å². The van der Waals surface area contributed by atoms with Crippen molar-refractivity contribution in [2.24, 2.45) is 0 Å². The molecule has 1 N–H and O–H groups in total. The number of rotatable bonds is 6. The van der Waals surface area contributed by atoms with E-state index in [0.717, 1.165) is 18.7 Å². The number of nitrogens with zero attached hydrogens (tertiary/aromatic N) is 2. The van der Waals surface area contributed by atoms with Crippen molar-refractivity contribution in [3.05, 3.63) is 18.2 Å². The van der Waals surface area contributed by atoms with Crippen LogP contribution in [0.1, 0.15) is 25.6 Å². The number of hydrogen-bond acceptors (Lipinski definition) is 4. The van der Waals surface area contributed by atoms with Crippen LogP contribution in [-0.2, 0) is 22.5 Å². The highest BCUT2D eigenvalue weighted by atomic mass is 16.5. The second-order valence-electron chi connectivity index (χ2n) is 3.68. The molecule has 5 nitrogen and oxygen atoms in total. The van der Waals surface area contributed by atoms with Gasteiger partial charge in [0.25, 0.3) is 0 Å². The predicted octanol–water partition coefficient (Wildman–Crippen LogP) is 0.760. The van der Waals surface area contributed by atoms with E-state index in [1.54, 1.807) is 6.20 Å². The third-order valence-electron chi connectivity index (χ3n) is 2.31. The fraction of sp³-hybridized carbons (Fsp3) is 0.636. The van der Waals surface area contributed by atoms with Crippen molar-refractivity contribution < 1.29 is 14.6 Å². The highest BCUT2D eigenvalue weighted by Gasteiger charge is 2.13. The van der Waals surface area contributed by atoms with Gasteiger partial charge in [-0.15, -0.1) is 0 Å². The van der Waals surface area contributed by atoms with Crippen LogP contribution in [0.2, 0.25) is 0 Å². The van der Waals surface area contributed by atoms with Crippen molar-refractivity contribution in [3.63, 3.8) is 0 Å². The molecular formula is C11H18N2O3. The zero-order chi connectivity index (χ0) is 12.0. The number of aliphatic hydroxyl groups excluding tert-OH is 1. The molecule has 0 bridgehead atoms. The lowest BCUT2D eigenvalue weighted by Crippen LogP contribution is -2.21. The summed E-state index contributed by atoms with van der Waals surface area (Å²) in [5.41, 5.74) is 0. The summed E-state index contributed by atoms with van der Waals surface area (Å²) in [5, 5.41) is 9.67. The first-order valence-corrected chi connectivity index (χ1v) is 5.42. The molecular weight excluding hydrogens is 208 g/mol. The Morgan fingerprint density at radius 2 is 2.44 bits per heavy atom. The maximum Gasteiger partial charge on any atom is 0.308 e. The molecule has 0 radical (unpaired) electrons. The number of imidazole rings is 1. The van der Waals surface area contributed by atoms with Crippen LogP contribution in [-0.4, -0.2) is 33.8 Å². The lowest BCUT2D eigenvalue weighted by atomic mass is 10.2. The second-order valence-corrected chi connectivity index (χ2v) is 3.68. The summed E-state index contributed by atoms with van der Waals surface area (Å²) in [5.74, 6) is 0.538. The average molecular weight is 226 g/mol. The first-order valence-electron chi connectivity index (χ1n) is 5.42. The fourth-order valence-corrected chi connectivity index (χ4v) is 1.53. The van der Waals surface area contributed by atoms with Gasteiger partial charge >= 0.3 is 5.97 Å². The van der Waals surface area contributed by atoms with Gasteiger partial charge in [-0.05, 0) is 6.42 Å². The van der Waals surface area contributed by atoms with E-state index in [0.29, 0.717) is 6.54 Å². The number of esters is 1. The van der Waals surface area contributed by atoms with Crippen LogP contribution in [0.25, 0.3) is 0 Å². The van der Waals surface area contributed by atoms with Crippen molar-refractivity contribution >= 4 is 5.97 Å². The summed E-state index contributed by atoms with van der Waals surface area (Å²) in [6.45, 7) is 2.45. The van der Waals surface area contributed by atoms with Gasteiger partial charge < -0.3 is 14.4 Å². The van der Waals surface area contributed by atoms with Gasteiger partial charge in [0.15, 0.2) is 0 Å². The molecule has 5 heteroatoms. The molecule has 0 amide bonds. The van der Waals surface area contributed by atoms with Crippen LogP contribution >= 0.6 is 0 Å². The summed E-state index contributed by atoms with van der Waals surface area (Å²) in [7, 11) is 1.31. The quantitative estimate of drug-likeness (QED) is 0.727. The molecule has 1 aromatic rings. The van der Waals surface area contributed by atoms with Crippen molar-refractivity contribution in [2.45, 2.75) is 38.8 Å². The zero-order valence-corrected chi connectivity index (χ0v) is 9.72. The van der Waals surface area contributed by atoms with Gasteiger partial charge in [0, 0.05) is 18.8 Å². The van der Waals surface area contributed by atoms with E-state index >= 15 is 0 Å². The molecule has 1 heterocycles. The van der Waals surface area contributed by atoms with Crippen molar-refractivity contribution in [3.8, 4) is 0 Å². The number of methoxy groups -OCH3 is 1. The van der Waals surface area contributed by atoms with Gasteiger partial charge in [-0.3, -0.25) is 4.79 Å². The monoisotopic (exact) mass is 226 g/mol. The van der Waals surface area contributed by atoms with Gasteiger partial charge in [0.2, 0.25) is 0 Å². The molecule has 0 aliphatic heterocycles. The van der Waals surface area contributed by atoms with Gasteiger partial charge in [-0.2, -0.15) is 0 Å². The second kappa shape index (κ2) is 6.27. The Balaban J connectivity index is 2.51. The Bertz CT molecular complexity index is 336. The van der Waals surface area contributed by atoms with Crippen molar-refractivity contribution in [1.82, 2.24) is 9.55 Å². The highest BCUT2D eigenvalue weighted by molar-refractivity contribution is 5.69. The minimum Gasteiger partial charge on any atom is -0.469 e. The Morgan fingerprint density at radius 3 is 3.06 bits per heavy atom. The van der Waals surface area contributed by atoms with Crippen LogP contribution in [0.3, 0.4) is 0 Å². The molecule has 90 valence electrons. The van der Waals surface area contributed by atoms with Crippen LogP contribution in [0.5, 0.6) is 0 Å². The van der Waals surface area contributed by atoms with E-state index in [2.05, 4.69) is 16.6 Å². The molecule has 16 heavy (non-hydrogen) atoms. The smallest absolute Gasteiger partial charge is 0.308 e. The van der Waals surface area contributed by atoms with Crippen LogP contribution < -0.4 is 0 Å². The Labute approximate surface area is 95.1 Å². The molecule has 0 aliphatic rings. The van der Waals surface area contributed by atoms with Gasteiger partial charge in [-0.1, -0.05) is 6.92 Å². The molecule has 0 saturated carbocycles. The molecule has 1 aromatic heterocycles. The van der Waals surface area contributed by atoms with Crippen LogP contribution in [0.15, 0.2) is 12.4 Å². The number of ether oxygens (including phenoxy) is 1. The number of aryl methyl sites for hydroxylation is 1. The third-order valence-corrected chi connectivity index (χ3v) is 2.31. The number of aliphatic hydroxyl groups is 1. The molecule has 1 rings (SSSR count). The third kappa shape index (κ3) is 3.66. The molecule has 0 aromatic carbocycles. The zero-order valence-electron chi connectivity index (χ0n) is 9.72. The Morgan fingerprint density at radius 1 is 1.69 bits per heavy atom. The topological polar surface area (TPSA) is 64.3 Å². The Hall–Kier alpha value is -1.36. The maximum atomic E-state index is 11.0. The Kier molecular flexibility index (Phi) is 4.98. The summed E-state index contributed by atoms with van der Waals surface area (Å²) < 4.78 is 6.37. The summed E-state index contributed by atoms with van der Waals surface area (Å²) >= 11 is 0. The number of carbonyl (C=O) groups is 1. The first-order chi connectivity index (χ1) is 7.67. The van der Waals surface area contributed by atoms with Crippen molar-refractivity contribution in [1.29, 1.82) is 0 Å². The standard InChI is InChI=1S/C11H18N2O3/c1-3-4-10-12-5-6-13(10)8-9(14)7-11(15)16-2/h5-6,9,14H,3-4,7-8H2,1-2H3/t9-/m1/s1.